The van der Waals surface area contributed by atoms with Gasteiger partial charge in [0.05, 0.1) is 5.69 Å². The third-order valence-corrected chi connectivity index (χ3v) is 4.45. The predicted octanol–water partition coefficient (Wildman–Crippen LogP) is 4.48. The number of nitrogens with one attached hydrogen (secondary N) is 2. The Labute approximate surface area is 138 Å². The maximum Gasteiger partial charge on any atom is 0.225 e. The average molecular weight is 310 g/mol. The number of nitrogens with zero attached hydrogens (tertiary/aromatic N) is 2. The first kappa shape index (κ1) is 15.8. The van der Waals surface area contributed by atoms with Crippen molar-refractivity contribution in [1.29, 1.82) is 0 Å². The first-order chi connectivity index (χ1) is 11.2. The summed E-state index contributed by atoms with van der Waals surface area (Å²) in [5.41, 5.74) is 3.77. The van der Waals surface area contributed by atoms with Crippen LogP contribution in [0.3, 0.4) is 0 Å². The number of aryl methyl sites for hydroxylation is 1. The van der Waals surface area contributed by atoms with Crippen molar-refractivity contribution in [2.24, 2.45) is 0 Å². The molecule has 23 heavy (non-hydrogen) atoms. The van der Waals surface area contributed by atoms with Gasteiger partial charge in [-0.15, -0.1) is 0 Å². The first-order valence-electron chi connectivity index (χ1n) is 8.59. The molecule has 0 bridgehead atoms. The molecule has 122 valence electrons. The standard InChI is InChI=1S/C19H26N4/c1-4-14(3)21-19-22-17(15-9-10-15)11-18(23-19)20-12-16-8-6-5-7-13(16)2/h5-8,11,14-15H,4,9-10,12H2,1-3H3,(H2,20,21,22,23)/t14-/m1/s1. The average Bonchev–Trinajstić information content (AvgIpc) is 3.39. The zero-order valence-electron chi connectivity index (χ0n) is 14.3. The molecule has 1 atom stereocenters. The molecule has 1 heterocycles. The fourth-order valence-corrected chi connectivity index (χ4v) is 2.53. The van der Waals surface area contributed by atoms with Crippen LogP contribution in [0.15, 0.2) is 30.3 Å². The topological polar surface area (TPSA) is 49.8 Å². The van der Waals surface area contributed by atoms with Crippen molar-refractivity contribution < 1.29 is 0 Å². The van der Waals surface area contributed by atoms with E-state index < -0.39 is 0 Å². The number of hydrogen-bond donors (Lipinski definition) is 2. The van der Waals surface area contributed by atoms with Gasteiger partial charge in [0, 0.05) is 24.6 Å². The van der Waals surface area contributed by atoms with Crippen molar-refractivity contribution in [1.82, 2.24) is 9.97 Å². The van der Waals surface area contributed by atoms with Crippen molar-refractivity contribution >= 4 is 11.8 Å². The SMILES string of the molecule is CC[C@@H](C)Nc1nc(NCc2ccccc2C)cc(C2CC2)n1. The fraction of sp³-hybridized carbons (Fsp3) is 0.474. The molecular weight excluding hydrogens is 284 g/mol. The van der Waals surface area contributed by atoms with E-state index in [0.29, 0.717) is 12.0 Å². The van der Waals surface area contributed by atoms with E-state index in [0.717, 1.165) is 30.4 Å². The van der Waals surface area contributed by atoms with Gasteiger partial charge in [-0.05, 0) is 44.2 Å². The second kappa shape index (κ2) is 6.99. The van der Waals surface area contributed by atoms with Crippen LogP contribution in [0.2, 0.25) is 0 Å². The Morgan fingerprint density at radius 1 is 1.22 bits per heavy atom. The van der Waals surface area contributed by atoms with E-state index in [1.54, 1.807) is 0 Å². The highest BCUT2D eigenvalue weighted by atomic mass is 15.2. The third-order valence-electron chi connectivity index (χ3n) is 4.45. The van der Waals surface area contributed by atoms with Crippen molar-refractivity contribution in [3.63, 3.8) is 0 Å². The molecule has 4 nitrogen and oxygen atoms in total. The van der Waals surface area contributed by atoms with Crippen LogP contribution >= 0.6 is 0 Å². The second-order valence-electron chi connectivity index (χ2n) is 6.51. The van der Waals surface area contributed by atoms with Gasteiger partial charge in [0.1, 0.15) is 5.82 Å². The molecule has 1 aromatic carbocycles. The Hall–Kier alpha value is -2.10. The number of rotatable bonds is 7. The van der Waals surface area contributed by atoms with E-state index in [-0.39, 0.29) is 0 Å². The van der Waals surface area contributed by atoms with E-state index in [1.807, 2.05) is 0 Å². The molecule has 1 aliphatic carbocycles. The highest BCUT2D eigenvalue weighted by Gasteiger charge is 2.26. The molecule has 0 aliphatic heterocycles. The van der Waals surface area contributed by atoms with Gasteiger partial charge in [0.25, 0.3) is 0 Å². The Morgan fingerprint density at radius 3 is 2.70 bits per heavy atom. The van der Waals surface area contributed by atoms with Gasteiger partial charge in [-0.1, -0.05) is 31.2 Å². The van der Waals surface area contributed by atoms with E-state index >= 15 is 0 Å². The Morgan fingerprint density at radius 2 is 2.00 bits per heavy atom. The normalized spacial score (nSPS) is 15.3. The van der Waals surface area contributed by atoms with E-state index in [9.17, 15) is 0 Å². The number of benzene rings is 1. The Balaban J connectivity index is 1.76. The van der Waals surface area contributed by atoms with Crippen LogP contribution < -0.4 is 10.6 Å². The minimum atomic E-state index is 0.383. The van der Waals surface area contributed by atoms with Gasteiger partial charge in [0.15, 0.2) is 0 Å². The van der Waals surface area contributed by atoms with Crippen LogP contribution in [0.25, 0.3) is 0 Å². The summed E-state index contributed by atoms with van der Waals surface area (Å²) in [6.07, 6.45) is 3.55. The van der Waals surface area contributed by atoms with Crippen molar-refractivity contribution in [2.75, 3.05) is 10.6 Å². The van der Waals surface area contributed by atoms with Crippen LogP contribution in [0.4, 0.5) is 11.8 Å². The highest BCUT2D eigenvalue weighted by Crippen LogP contribution is 2.40. The number of aromatic nitrogens is 2. The minimum absolute atomic E-state index is 0.383. The number of anilines is 2. The molecule has 1 saturated carbocycles. The van der Waals surface area contributed by atoms with Crippen LogP contribution in [-0.4, -0.2) is 16.0 Å². The predicted molar refractivity (Wildman–Crippen MR) is 95.9 cm³/mol. The molecule has 1 aliphatic rings. The molecule has 0 saturated heterocycles. The molecule has 2 N–H and O–H groups in total. The van der Waals surface area contributed by atoms with Crippen LogP contribution in [0, 0.1) is 6.92 Å². The van der Waals surface area contributed by atoms with Gasteiger partial charge in [-0.25, -0.2) is 4.98 Å². The minimum Gasteiger partial charge on any atom is -0.366 e. The molecular formula is C19H26N4. The molecule has 0 amide bonds. The van der Waals surface area contributed by atoms with Crippen LogP contribution in [0.5, 0.6) is 0 Å². The molecule has 4 heteroatoms. The Bertz CT molecular complexity index is 664. The summed E-state index contributed by atoms with van der Waals surface area (Å²) in [7, 11) is 0. The first-order valence-corrected chi connectivity index (χ1v) is 8.59. The summed E-state index contributed by atoms with van der Waals surface area (Å²) >= 11 is 0. The quantitative estimate of drug-likeness (QED) is 0.791. The summed E-state index contributed by atoms with van der Waals surface area (Å²) < 4.78 is 0. The molecule has 3 rings (SSSR count). The lowest BCUT2D eigenvalue weighted by Crippen LogP contribution is -2.17. The molecule has 0 unspecified atom stereocenters. The molecule has 1 fully saturated rings. The monoisotopic (exact) mass is 310 g/mol. The summed E-state index contributed by atoms with van der Waals surface area (Å²) in [5, 5.41) is 6.87. The van der Waals surface area contributed by atoms with Gasteiger partial charge in [0.2, 0.25) is 5.95 Å². The summed E-state index contributed by atoms with van der Waals surface area (Å²) in [5.74, 6) is 2.28. The maximum atomic E-state index is 4.69. The van der Waals surface area contributed by atoms with E-state index in [4.69, 9.17) is 4.98 Å². The van der Waals surface area contributed by atoms with Crippen molar-refractivity contribution in [3.8, 4) is 0 Å². The smallest absolute Gasteiger partial charge is 0.225 e. The molecule has 2 aromatic rings. The summed E-state index contributed by atoms with van der Waals surface area (Å²) in [4.78, 5) is 9.34. The Kier molecular flexibility index (Phi) is 4.79. The lowest BCUT2D eigenvalue weighted by Gasteiger charge is -2.15. The lowest BCUT2D eigenvalue weighted by molar-refractivity contribution is 0.750. The third kappa shape index (κ3) is 4.21. The van der Waals surface area contributed by atoms with Crippen LogP contribution in [-0.2, 0) is 6.54 Å². The van der Waals surface area contributed by atoms with Crippen LogP contribution in [0.1, 0.15) is 55.8 Å². The fourth-order valence-electron chi connectivity index (χ4n) is 2.53. The summed E-state index contributed by atoms with van der Waals surface area (Å²) in [6, 6.07) is 10.9. The molecule has 0 radical (unpaired) electrons. The lowest BCUT2D eigenvalue weighted by atomic mass is 10.1. The van der Waals surface area contributed by atoms with Gasteiger partial charge < -0.3 is 10.6 Å². The highest BCUT2D eigenvalue weighted by molar-refractivity contribution is 5.45. The van der Waals surface area contributed by atoms with E-state index in [1.165, 1.54) is 24.0 Å². The number of hydrogen-bond acceptors (Lipinski definition) is 4. The summed E-state index contributed by atoms with van der Waals surface area (Å²) in [6.45, 7) is 7.26. The van der Waals surface area contributed by atoms with E-state index in [2.05, 4.69) is 66.7 Å². The second-order valence-corrected chi connectivity index (χ2v) is 6.51. The van der Waals surface area contributed by atoms with Gasteiger partial charge >= 0.3 is 0 Å². The molecule has 1 aromatic heterocycles. The van der Waals surface area contributed by atoms with Gasteiger partial charge in [-0.2, -0.15) is 4.98 Å². The zero-order chi connectivity index (χ0) is 16.2. The van der Waals surface area contributed by atoms with Gasteiger partial charge in [-0.3, -0.25) is 0 Å². The van der Waals surface area contributed by atoms with Crippen molar-refractivity contribution in [3.05, 3.63) is 47.2 Å². The largest absolute Gasteiger partial charge is 0.366 e. The zero-order valence-corrected chi connectivity index (χ0v) is 14.3. The maximum absolute atomic E-state index is 4.69. The molecule has 0 spiro atoms. The van der Waals surface area contributed by atoms with Crippen molar-refractivity contribution in [2.45, 2.75) is 58.5 Å².